The molecule has 5 nitrogen and oxygen atoms in total. The average Bonchev–Trinajstić information content (AvgIpc) is 3.15. The Bertz CT molecular complexity index is 750. The van der Waals surface area contributed by atoms with E-state index >= 15 is 0 Å². The summed E-state index contributed by atoms with van der Waals surface area (Å²) in [6.07, 6.45) is 51.5. The zero-order valence-corrected chi connectivity index (χ0v) is 35.1. The zero-order valence-electron chi connectivity index (χ0n) is 35.1. The Kier molecular flexibility index (Phi) is 42.9. The summed E-state index contributed by atoms with van der Waals surface area (Å²) in [4.78, 5) is 24.4. The minimum Gasteiger partial charge on any atom is -0.462 e. The van der Waals surface area contributed by atoms with E-state index in [4.69, 9.17) is 9.47 Å². The van der Waals surface area contributed by atoms with E-state index in [1.807, 2.05) is 0 Å². The fourth-order valence-corrected chi connectivity index (χ4v) is 7.02. The third kappa shape index (κ3) is 41.4. The van der Waals surface area contributed by atoms with Gasteiger partial charge in [0, 0.05) is 12.8 Å². The van der Waals surface area contributed by atoms with Crippen molar-refractivity contribution in [2.24, 2.45) is 0 Å². The van der Waals surface area contributed by atoms with E-state index in [0.717, 1.165) is 32.1 Å². The predicted octanol–water partition coefficient (Wildman–Crippen LogP) is 14.9. The van der Waals surface area contributed by atoms with Crippen molar-refractivity contribution in [2.75, 3.05) is 13.2 Å². The lowest BCUT2D eigenvalue weighted by molar-refractivity contribution is -0.161. The van der Waals surface area contributed by atoms with Gasteiger partial charge in [0.25, 0.3) is 0 Å². The molecule has 0 aromatic carbocycles. The highest BCUT2D eigenvalue weighted by Gasteiger charge is 2.16. The Balaban J connectivity index is 3.47. The van der Waals surface area contributed by atoms with Crippen molar-refractivity contribution in [3.8, 4) is 0 Å². The molecule has 1 atom stereocenters. The number of ether oxygens (including phenoxy) is 2. The second kappa shape index (κ2) is 44.0. The first kappa shape index (κ1) is 50.6. The van der Waals surface area contributed by atoms with Gasteiger partial charge >= 0.3 is 11.9 Å². The van der Waals surface area contributed by atoms with Crippen molar-refractivity contribution in [2.45, 2.75) is 264 Å². The third-order valence-electron chi connectivity index (χ3n) is 10.6. The summed E-state index contributed by atoms with van der Waals surface area (Å²) in [7, 11) is 0. The molecule has 0 saturated carbocycles. The maximum Gasteiger partial charge on any atom is 0.306 e. The molecule has 0 aromatic rings. The van der Waals surface area contributed by atoms with Crippen LogP contribution in [-0.4, -0.2) is 36.4 Å². The molecule has 308 valence electrons. The van der Waals surface area contributed by atoms with Gasteiger partial charge in [0.15, 0.2) is 6.10 Å². The number of allylic oxidation sites excluding steroid dienone is 2. The minimum absolute atomic E-state index is 0.0591. The largest absolute Gasteiger partial charge is 0.462 e. The molecule has 0 unspecified atom stereocenters. The first-order valence-corrected chi connectivity index (χ1v) is 23.2. The van der Waals surface area contributed by atoms with E-state index in [1.54, 1.807) is 0 Å². The number of esters is 2. The molecule has 0 amide bonds. The van der Waals surface area contributed by atoms with E-state index < -0.39 is 6.10 Å². The molecule has 0 fully saturated rings. The first-order valence-electron chi connectivity index (χ1n) is 23.2. The SMILES string of the molecule is CCCCCCCC/C=C\CCCCCCCCCCCCCC(=O)O[C@@H](CO)COC(=O)CCCCCCCCCCCCCCCCCCC. The lowest BCUT2D eigenvalue weighted by Crippen LogP contribution is -2.28. The molecule has 0 heterocycles. The van der Waals surface area contributed by atoms with Crippen LogP contribution < -0.4 is 0 Å². The highest BCUT2D eigenvalue weighted by molar-refractivity contribution is 5.70. The summed E-state index contributed by atoms with van der Waals surface area (Å²) in [6.45, 7) is 4.17. The first-order chi connectivity index (χ1) is 25.6. The fraction of sp³-hybridized carbons (Fsp3) is 0.915. The van der Waals surface area contributed by atoms with Crippen LogP contribution in [0.4, 0.5) is 0 Å². The van der Waals surface area contributed by atoms with E-state index in [2.05, 4.69) is 26.0 Å². The number of carbonyl (C=O) groups is 2. The van der Waals surface area contributed by atoms with Gasteiger partial charge in [-0.05, 0) is 38.5 Å². The fourth-order valence-electron chi connectivity index (χ4n) is 7.02. The smallest absolute Gasteiger partial charge is 0.306 e. The molecule has 0 saturated heterocycles. The Morgan fingerprint density at radius 1 is 0.423 bits per heavy atom. The molecule has 0 rings (SSSR count). The maximum absolute atomic E-state index is 12.2. The van der Waals surface area contributed by atoms with Crippen LogP contribution in [0.3, 0.4) is 0 Å². The van der Waals surface area contributed by atoms with Crippen LogP contribution >= 0.6 is 0 Å². The van der Waals surface area contributed by atoms with Crippen molar-refractivity contribution < 1.29 is 24.2 Å². The Labute approximate surface area is 324 Å². The molecule has 1 N–H and O–H groups in total. The van der Waals surface area contributed by atoms with Crippen LogP contribution in [0.1, 0.15) is 258 Å². The summed E-state index contributed by atoms with van der Waals surface area (Å²) in [6, 6.07) is 0. The summed E-state index contributed by atoms with van der Waals surface area (Å²) < 4.78 is 10.7. The second-order valence-electron chi connectivity index (χ2n) is 15.8. The van der Waals surface area contributed by atoms with Crippen LogP contribution in [0.15, 0.2) is 12.2 Å². The van der Waals surface area contributed by atoms with Gasteiger partial charge in [-0.15, -0.1) is 0 Å². The molecule has 0 bridgehead atoms. The Hall–Kier alpha value is -1.36. The van der Waals surface area contributed by atoms with Crippen molar-refractivity contribution in [1.82, 2.24) is 0 Å². The van der Waals surface area contributed by atoms with Gasteiger partial charge in [0.05, 0.1) is 6.61 Å². The van der Waals surface area contributed by atoms with E-state index in [9.17, 15) is 14.7 Å². The summed E-state index contributed by atoms with van der Waals surface area (Å²) in [5.41, 5.74) is 0. The number of aliphatic hydroxyl groups excluding tert-OH is 1. The molecule has 0 aliphatic carbocycles. The van der Waals surface area contributed by atoms with Crippen molar-refractivity contribution in [1.29, 1.82) is 0 Å². The topological polar surface area (TPSA) is 72.8 Å². The molecule has 52 heavy (non-hydrogen) atoms. The van der Waals surface area contributed by atoms with Crippen LogP contribution in [-0.2, 0) is 19.1 Å². The third-order valence-corrected chi connectivity index (χ3v) is 10.6. The van der Waals surface area contributed by atoms with Gasteiger partial charge in [-0.1, -0.05) is 219 Å². The lowest BCUT2D eigenvalue weighted by atomic mass is 10.0. The highest BCUT2D eigenvalue weighted by Crippen LogP contribution is 2.16. The van der Waals surface area contributed by atoms with E-state index in [-0.39, 0.29) is 25.2 Å². The maximum atomic E-state index is 12.2. The molecular weight excluding hydrogens is 645 g/mol. The standard InChI is InChI=1S/C47H90O5/c1-3-5-7-9-11-13-15-17-19-21-22-23-24-26-28-30-32-34-36-38-40-42-47(50)52-45(43-48)44-51-46(49)41-39-37-35-33-31-29-27-25-20-18-16-14-12-10-8-6-4-2/h17,19,45,48H,3-16,18,20-44H2,1-2H3/b19-17-/t45-/m0/s1. The normalized spacial score (nSPS) is 12.1. The average molecular weight is 735 g/mol. The van der Waals surface area contributed by atoms with Gasteiger partial charge in [-0.25, -0.2) is 0 Å². The van der Waals surface area contributed by atoms with Gasteiger partial charge < -0.3 is 14.6 Å². The van der Waals surface area contributed by atoms with Crippen molar-refractivity contribution >= 4 is 11.9 Å². The summed E-state index contributed by atoms with van der Waals surface area (Å²) in [5.74, 6) is -0.575. The summed E-state index contributed by atoms with van der Waals surface area (Å²) in [5, 5.41) is 9.60. The molecule has 0 aromatic heterocycles. The second-order valence-corrected chi connectivity index (χ2v) is 15.8. The lowest BCUT2D eigenvalue weighted by Gasteiger charge is -2.15. The van der Waals surface area contributed by atoms with Gasteiger partial charge in [-0.2, -0.15) is 0 Å². The molecule has 0 spiro atoms. The van der Waals surface area contributed by atoms with Crippen LogP contribution in [0, 0.1) is 0 Å². The van der Waals surface area contributed by atoms with Crippen molar-refractivity contribution in [3.63, 3.8) is 0 Å². The van der Waals surface area contributed by atoms with Crippen molar-refractivity contribution in [3.05, 3.63) is 12.2 Å². The number of hydrogen-bond acceptors (Lipinski definition) is 5. The quantitative estimate of drug-likeness (QED) is 0.0383. The van der Waals surface area contributed by atoms with E-state index in [0.29, 0.717) is 12.8 Å². The minimum atomic E-state index is -0.765. The zero-order chi connectivity index (χ0) is 37.8. The van der Waals surface area contributed by atoms with Crippen LogP contribution in [0.25, 0.3) is 0 Å². The number of carbonyl (C=O) groups excluding carboxylic acids is 2. The van der Waals surface area contributed by atoms with Crippen LogP contribution in [0.5, 0.6) is 0 Å². The van der Waals surface area contributed by atoms with Gasteiger partial charge in [0.2, 0.25) is 0 Å². The Morgan fingerprint density at radius 2 is 0.712 bits per heavy atom. The number of aliphatic hydroxyl groups is 1. The number of rotatable bonds is 43. The molecule has 0 aliphatic rings. The Morgan fingerprint density at radius 3 is 1.04 bits per heavy atom. The molecular formula is C47H90O5. The summed E-state index contributed by atoms with van der Waals surface area (Å²) >= 11 is 0. The van der Waals surface area contributed by atoms with Gasteiger partial charge in [0.1, 0.15) is 6.61 Å². The number of hydrogen-bond donors (Lipinski definition) is 1. The van der Waals surface area contributed by atoms with Crippen LogP contribution in [0.2, 0.25) is 0 Å². The predicted molar refractivity (Wildman–Crippen MR) is 224 cm³/mol. The van der Waals surface area contributed by atoms with Gasteiger partial charge in [-0.3, -0.25) is 9.59 Å². The monoisotopic (exact) mass is 735 g/mol. The molecule has 5 heteroatoms. The molecule has 0 aliphatic heterocycles. The number of unbranched alkanes of at least 4 members (excludes halogenated alkanes) is 33. The van der Waals surface area contributed by atoms with E-state index in [1.165, 1.54) is 199 Å². The highest BCUT2D eigenvalue weighted by atomic mass is 16.6. The molecule has 0 radical (unpaired) electrons.